The lowest BCUT2D eigenvalue weighted by Gasteiger charge is -2.02. The molecule has 84 valence electrons. The van der Waals surface area contributed by atoms with Crippen LogP contribution in [-0.4, -0.2) is 24.0 Å². The van der Waals surface area contributed by atoms with Crippen LogP contribution < -0.4 is 0 Å². The number of aliphatic hydroxyl groups is 1. The van der Waals surface area contributed by atoms with Crippen LogP contribution in [0.2, 0.25) is 0 Å². The number of benzene rings is 1. The summed E-state index contributed by atoms with van der Waals surface area (Å²) in [6.45, 7) is 0. The second kappa shape index (κ2) is 5.46. The Morgan fingerprint density at radius 3 is 2.56 bits per heavy atom. The maximum Gasteiger partial charge on any atom is 0.378 e. The third-order valence-corrected chi connectivity index (χ3v) is 2.50. The van der Waals surface area contributed by atoms with Gasteiger partial charge in [-0.15, -0.1) is 0 Å². The van der Waals surface area contributed by atoms with Gasteiger partial charge in [0.15, 0.2) is 0 Å². The van der Waals surface area contributed by atoms with Crippen LogP contribution in [-0.2, 0) is 14.3 Å². The van der Waals surface area contributed by atoms with Crippen molar-refractivity contribution in [1.82, 2.24) is 0 Å². The zero-order valence-corrected chi connectivity index (χ0v) is 10.0. The molecule has 4 nitrogen and oxygen atoms in total. The van der Waals surface area contributed by atoms with Gasteiger partial charge in [-0.3, -0.25) is 4.79 Å². The predicted octanol–water partition coefficient (Wildman–Crippen LogP) is 2.09. The average molecular weight is 285 g/mol. The van der Waals surface area contributed by atoms with Crippen molar-refractivity contribution < 1.29 is 19.4 Å². The normalized spacial score (nSPS) is 11.0. The Labute approximate surface area is 101 Å². The first-order valence-electron chi connectivity index (χ1n) is 4.34. The van der Waals surface area contributed by atoms with E-state index in [1.165, 1.54) is 0 Å². The van der Waals surface area contributed by atoms with Gasteiger partial charge in [0, 0.05) is 16.1 Å². The number of halogens is 1. The zero-order valence-electron chi connectivity index (χ0n) is 8.44. The minimum Gasteiger partial charge on any atom is -0.507 e. The van der Waals surface area contributed by atoms with E-state index in [0.717, 1.165) is 13.2 Å². The van der Waals surface area contributed by atoms with Gasteiger partial charge in [-0.2, -0.15) is 0 Å². The predicted molar refractivity (Wildman–Crippen MR) is 61.8 cm³/mol. The number of hydrogen-bond acceptors (Lipinski definition) is 4. The van der Waals surface area contributed by atoms with Gasteiger partial charge in [-0.25, -0.2) is 4.79 Å². The highest BCUT2D eigenvalue weighted by atomic mass is 79.9. The fourth-order valence-corrected chi connectivity index (χ4v) is 1.52. The van der Waals surface area contributed by atoms with Gasteiger partial charge < -0.3 is 9.84 Å². The summed E-state index contributed by atoms with van der Waals surface area (Å²) in [5, 5.41) is 9.62. The number of esters is 1. The molecule has 1 aromatic rings. The molecule has 0 saturated carbocycles. The number of ketones is 1. The number of carbonyl (C=O) groups is 2. The Kier molecular flexibility index (Phi) is 4.25. The molecule has 0 fully saturated rings. The molecular formula is C11H9BrO4. The molecule has 0 aliphatic carbocycles. The summed E-state index contributed by atoms with van der Waals surface area (Å²) >= 11 is 3.21. The van der Waals surface area contributed by atoms with E-state index in [2.05, 4.69) is 20.7 Å². The minimum absolute atomic E-state index is 0.289. The van der Waals surface area contributed by atoms with E-state index in [-0.39, 0.29) is 5.76 Å². The molecule has 0 unspecified atom stereocenters. The fourth-order valence-electron chi connectivity index (χ4n) is 1.03. The van der Waals surface area contributed by atoms with E-state index >= 15 is 0 Å². The van der Waals surface area contributed by atoms with E-state index in [9.17, 15) is 14.7 Å². The molecule has 1 aromatic carbocycles. The van der Waals surface area contributed by atoms with Gasteiger partial charge in [0.2, 0.25) is 0 Å². The fraction of sp³-hybridized carbons (Fsp3) is 0.0909. The average Bonchev–Trinajstić information content (AvgIpc) is 2.28. The number of aliphatic hydroxyl groups excluding tert-OH is 1. The molecule has 0 aliphatic rings. The Morgan fingerprint density at radius 2 is 2.00 bits per heavy atom. The lowest BCUT2D eigenvalue weighted by Crippen LogP contribution is -2.13. The minimum atomic E-state index is -1.02. The molecule has 0 saturated heterocycles. The van der Waals surface area contributed by atoms with Crippen molar-refractivity contribution in [2.24, 2.45) is 0 Å². The number of hydrogen-bond donors (Lipinski definition) is 1. The quantitative estimate of drug-likeness (QED) is 0.400. The summed E-state index contributed by atoms with van der Waals surface area (Å²) in [6, 6.07) is 6.79. The first-order chi connectivity index (χ1) is 7.56. The molecule has 16 heavy (non-hydrogen) atoms. The molecule has 0 aliphatic heterocycles. The number of methoxy groups -OCH3 is 1. The lowest BCUT2D eigenvalue weighted by atomic mass is 10.1. The van der Waals surface area contributed by atoms with Crippen LogP contribution in [0.5, 0.6) is 0 Å². The van der Waals surface area contributed by atoms with Gasteiger partial charge in [0.25, 0.3) is 5.78 Å². The summed E-state index contributed by atoms with van der Waals surface area (Å²) in [7, 11) is 1.10. The highest BCUT2D eigenvalue weighted by molar-refractivity contribution is 9.10. The van der Waals surface area contributed by atoms with Crippen molar-refractivity contribution in [3.8, 4) is 0 Å². The second-order valence-corrected chi connectivity index (χ2v) is 3.72. The first-order valence-corrected chi connectivity index (χ1v) is 5.13. The Morgan fingerprint density at radius 1 is 1.38 bits per heavy atom. The lowest BCUT2D eigenvalue weighted by molar-refractivity contribution is -0.149. The second-order valence-electron chi connectivity index (χ2n) is 2.87. The Bertz CT molecular complexity index is 451. The molecule has 0 aromatic heterocycles. The molecule has 0 spiro atoms. The topological polar surface area (TPSA) is 63.6 Å². The summed E-state index contributed by atoms with van der Waals surface area (Å²) < 4.78 is 4.85. The highest BCUT2D eigenvalue weighted by Crippen LogP contribution is 2.22. The van der Waals surface area contributed by atoms with Crippen molar-refractivity contribution in [2.75, 3.05) is 7.11 Å². The third kappa shape index (κ3) is 2.93. The van der Waals surface area contributed by atoms with E-state index in [4.69, 9.17) is 0 Å². The molecule has 0 bridgehead atoms. The van der Waals surface area contributed by atoms with Crippen molar-refractivity contribution in [1.29, 1.82) is 0 Å². The molecule has 0 amide bonds. The van der Waals surface area contributed by atoms with Gasteiger partial charge in [0.1, 0.15) is 5.76 Å². The van der Waals surface area contributed by atoms with Crippen LogP contribution in [0.3, 0.4) is 0 Å². The maximum absolute atomic E-state index is 11.1. The van der Waals surface area contributed by atoms with Crippen LogP contribution in [0.25, 0.3) is 5.76 Å². The molecule has 0 heterocycles. The van der Waals surface area contributed by atoms with E-state index in [0.29, 0.717) is 10.0 Å². The molecule has 0 atom stereocenters. The number of carbonyl (C=O) groups excluding carboxylic acids is 2. The Hall–Kier alpha value is -1.62. The Balaban J connectivity index is 2.99. The third-order valence-electron chi connectivity index (χ3n) is 1.80. The van der Waals surface area contributed by atoms with Crippen LogP contribution in [0.1, 0.15) is 5.56 Å². The van der Waals surface area contributed by atoms with E-state index in [1.807, 2.05) is 0 Å². The highest BCUT2D eigenvalue weighted by Gasteiger charge is 2.13. The molecule has 1 N–H and O–H groups in total. The largest absolute Gasteiger partial charge is 0.507 e. The van der Waals surface area contributed by atoms with Crippen LogP contribution in [0.15, 0.2) is 34.8 Å². The van der Waals surface area contributed by atoms with Crippen molar-refractivity contribution in [3.63, 3.8) is 0 Å². The van der Waals surface area contributed by atoms with Gasteiger partial charge >= 0.3 is 5.97 Å². The summed E-state index contributed by atoms with van der Waals surface area (Å²) in [6.07, 6.45) is 0.825. The van der Waals surface area contributed by atoms with Gasteiger partial charge in [-0.05, 0) is 6.07 Å². The molecule has 0 radical (unpaired) electrons. The molecule has 5 heteroatoms. The van der Waals surface area contributed by atoms with E-state index in [1.54, 1.807) is 24.3 Å². The SMILES string of the molecule is COC(=O)C(=O)C=C(O)c1ccccc1Br. The smallest absolute Gasteiger partial charge is 0.378 e. The van der Waals surface area contributed by atoms with Crippen molar-refractivity contribution in [2.45, 2.75) is 0 Å². The van der Waals surface area contributed by atoms with Crippen molar-refractivity contribution in [3.05, 3.63) is 40.4 Å². The van der Waals surface area contributed by atoms with E-state index < -0.39 is 11.8 Å². The van der Waals surface area contributed by atoms with Crippen molar-refractivity contribution >= 4 is 33.4 Å². The number of ether oxygens (including phenoxy) is 1. The standard InChI is InChI=1S/C11H9BrO4/c1-16-11(15)10(14)6-9(13)7-4-2-3-5-8(7)12/h2-6,13H,1H3. The van der Waals surface area contributed by atoms with Crippen LogP contribution in [0, 0.1) is 0 Å². The van der Waals surface area contributed by atoms with Gasteiger partial charge in [0.05, 0.1) is 7.11 Å². The zero-order chi connectivity index (χ0) is 12.1. The summed E-state index contributed by atoms with van der Waals surface area (Å²) in [4.78, 5) is 22.0. The summed E-state index contributed by atoms with van der Waals surface area (Å²) in [5.74, 6) is -2.21. The maximum atomic E-state index is 11.1. The molecule has 1 rings (SSSR count). The monoisotopic (exact) mass is 284 g/mol. The van der Waals surface area contributed by atoms with Crippen LogP contribution in [0.4, 0.5) is 0 Å². The summed E-state index contributed by atoms with van der Waals surface area (Å²) in [5.41, 5.74) is 0.430. The van der Waals surface area contributed by atoms with Gasteiger partial charge in [-0.1, -0.05) is 34.1 Å². The first kappa shape index (κ1) is 12.4. The molecular weight excluding hydrogens is 276 g/mol. The van der Waals surface area contributed by atoms with Crippen LogP contribution >= 0.6 is 15.9 Å². The number of rotatable bonds is 3.